The highest BCUT2D eigenvalue weighted by molar-refractivity contribution is 5.95. The lowest BCUT2D eigenvalue weighted by atomic mass is 10.3. The molecule has 0 aliphatic rings. The van der Waals surface area contributed by atoms with Crippen molar-refractivity contribution in [2.45, 2.75) is 6.04 Å². The second kappa shape index (κ2) is 5.70. The minimum absolute atomic E-state index is 0.561. The lowest BCUT2D eigenvalue weighted by molar-refractivity contribution is -0.142. The maximum absolute atomic E-state index is 10.8. The van der Waals surface area contributed by atoms with Crippen molar-refractivity contribution in [2.75, 3.05) is 6.61 Å². The molecule has 0 radical (unpaired) electrons. The van der Waals surface area contributed by atoms with Gasteiger partial charge in [0.1, 0.15) is 0 Å². The Balaban J connectivity index is 4.17. The zero-order valence-corrected chi connectivity index (χ0v) is 7.01. The van der Waals surface area contributed by atoms with Gasteiger partial charge in [0.25, 0.3) is 0 Å². The summed E-state index contributed by atoms with van der Waals surface area (Å²) in [6.45, 7) is -0.762. The number of rotatable bonds is 5. The Labute approximate surface area is 78.7 Å². The van der Waals surface area contributed by atoms with E-state index in [-0.39, 0.29) is 0 Å². The summed E-state index contributed by atoms with van der Waals surface area (Å²) in [7, 11) is 0. The van der Waals surface area contributed by atoms with Crippen molar-refractivity contribution < 1.29 is 29.7 Å². The van der Waals surface area contributed by atoms with Gasteiger partial charge < -0.3 is 20.6 Å². The lowest BCUT2D eigenvalue weighted by Crippen LogP contribution is -2.42. The van der Waals surface area contributed by atoms with Gasteiger partial charge in [-0.1, -0.05) is 0 Å². The fourth-order valence-electron chi connectivity index (χ4n) is 0.552. The second-order valence-corrected chi connectivity index (χ2v) is 2.25. The number of carboxylic acids is 2. The van der Waals surface area contributed by atoms with Gasteiger partial charge in [-0.05, 0) is 0 Å². The molecule has 0 aromatic rings. The highest BCUT2D eigenvalue weighted by atomic mass is 16.4. The molecule has 0 saturated heterocycles. The molecule has 1 atom stereocenters. The predicted octanol–water partition coefficient (Wildman–Crippen LogP) is -1.81. The van der Waals surface area contributed by atoms with Crippen LogP contribution in [0.2, 0.25) is 0 Å². The first-order valence-electron chi connectivity index (χ1n) is 3.52. The molecule has 0 unspecified atom stereocenters. The number of carbonyl (C=O) groups excluding carboxylic acids is 1. The standard InChI is InChI=1S/C7H9NO6/c9-3-4(7(13)14)8-5(10)1-2-6(11)12/h1-2,4,9H,3H2,(H,8,10)(H,11,12)(H,13,14)/b2-1-/t4-/m0/s1. The number of hydrogen-bond donors (Lipinski definition) is 4. The van der Waals surface area contributed by atoms with Crippen molar-refractivity contribution in [1.29, 1.82) is 0 Å². The molecule has 0 aliphatic heterocycles. The van der Waals surface area contributed by atoms with E-state index in [1.807, 2.05) is 5.32 Å². The van der Waals surface area contributed by atoms with Crippen LogP contribution in [0, 0.1) is 0 Å². The van der Waals surface area contributed by atoms with Crippen molar-refractivity contribution in [3.05, 3.63) is 12.2 Å². The Morgan fingerprint density at radius 3 is 2.14 bits per heavy atom. The van der Waals surface area contributed by atoms with Crippen molar-refractivity contribution in [3.63, 3.8) is 0 Å². The summed E-state index contributed by atoms with van der Waals surface area (Å²) in [6, 6.07) is -1.43. The third kappa shape index (κ3) is 4.88. The zero-order chi connectivity index (χ0) is 11.1. The van der Waals surface area contributed by atoms with E-state index in [9.17, 15) is 14.4 Å². The van der Waals surface area contributed by atoms with Gasteiger partial charge in [-0.25, -0.2) is 9.59 Å². The number of carboxylic acid groups (broad SMARTS) is 2. The first-order valence-corrected chi connectivity index (χ1v) is 3.52. The summed E-state index contributed by atoms with van der Waals surface area (Å²) in [4.78, 5) is 31.0. The van der Waals surface area contributed by atoms with Gasteiger partial charge in [-0.2, -0.15) is 0 Å². The molecule has 0 saturated carbocycles. The number of aliphatic carboxylic acids is 2. The van der Waals surface area contributed by atoms with Crippen molar-refractivity contribution in [2.24, 2.45) is 0 Å². The first kappa shape index (κ1) is 12.1. The topological polar surface area (TPSA) is 124 Å². The highest BCUT2D eigenvalue weighted by Gasteiger charge is 2.17. The molecule has 78 valence electrons. The van der Waals surface area contributed by atoms with Crippen LogP contribution in [0.3, 0.4) is 0 Å². The van der Waals surface area contributed by atoms with Crippen LogP contribution in [0.4, 0.5) is 0 Å². The van der Waals surface area contributed by atoms with Crippen LogP contribution in [0.1, 0.15) is 0 Å². The number of aliphatic hydroxyl groups excluding tert-OH is 1. The summed E-state index contributed by atoms with van der Waals surface area (Å²) in [6.07, 6.45) is 1.22. The summed E-state index contributed by atoms with van der Waals surface area (Å²) < 4.78 is 0. The SMILES string of the molecule is O=C(O)/C=C\C(=O)N[C@@H](CO)C(=O)O. The van der Waals surface area contributed by atoms with Crippen molar-refractivity contribution in [3.8, 4) is 0 Å². The van der Waals surface area contributed by atoms with Gasteiger partial charge in [0.2, 0.25) is 5.91 Å². The molecule has 14 heavy (non-hydrogen) atoms. The van der Waals surface area contributed by atoms with Crippen molar-refractivity contribution >= 4 is 17.8 Å². The lowest BCUT2D eigenvalue weighted by Gasteiger charge is -2.08. The van der Waals surface area contributed by atoms with Crippen molar-refractivity contribution in [1.82, 2.24) is 5.32 Å². The molecule has 0 bridgehead atoms. The number of carbonyl (C=O) groups is 3. The van der Waals surface area contributed by atoms with Crippen LogP contribution in [0.15, 0.2) is 12.2 Å². The van der Waals surface area contributed by atoms with Gasteiger partial charge in [0.15, 0.2) is 6.04 Å². The third-order valence-corrected chi connectivity index (χ3v) is 1.17. The number of amides is 1. The molecule has 0 rings (SSSR count). The molecule has 4 N–H and O–H groups in total. The summed E-state index contributed by atoms with van der Waals surface area (Å²) in [5, 5.41) is 26.9. The highest BCUT2D eigenvalue weighted by Crippen LogP contribution is 1.83. The predicted molar refractivity (Wildman–Crippen MR) is 43.4 cm³/mol. The van der Waals surface area contributed by atoms with E-state index in [0.717, 1.165) is 0 Å². The first-order chi connectivity index (χ1) is 6.47. The van der Waals surface area contributed by atoms with E-state index >= 15 is 0 Å². The summed E-state index contributed by atoms with van der Waals surface area (Å²) >= 11 is 0. The average Bonchev–Trinajstić information content (AvgIpc) is 2.10. The maximum atomic E-state index is 10.8. The van der Waals surface area contributed by atoms with E-state index in [1.165, 1.54) is 0 Å². The van der Waals surface area contributed by atoms with Crippen LogP contribution >= 0.6 is 0 Å². The fraction of sp³-hybridized carbons (Fsp3) is 0.286. The molecule has 0 heterocycles. The Morgan fingerprint density at radius 2 is 1.79 bits per heavy atom. The van der Waals surface area contributed by atoms with Gasteiger partial charge in [0.05, 0.1) is 6.61 Å². The van der Waals surface area contributed by atoms with Gasteiger partial charge in [-0.15, -0.1) is 0 Å². The molecule has 0 spiro atoms. The molecule has 0 aromatic carbocycles. The summed E-state index contributed by atoms with van der Waals surface area (Å²) in [5.41, 5.74) is 0. The molecule has 0 aliphatic carbocycles. The molecule has 0 aromatic heterocycles. The van der Waals surface area contributed by atoms with E-state index in [2.05, 4.69) is 0 Å². The van der Waals surface area contributed by atoms with E-state index in [4.69, 9.17) is 15.3 Å². The normalized spacial score (nSPS) is 12.4. The van der Waals surface area contributed by atoms with Gasteiger partial charge >= 0.3 is 11.9 Å². The average molecular weight is 203 g/mol. The van der Waals surface area contributed by atoms with Gasteiger partial charge in [-0.3, -0.25) is 4.79 Å². The third-order valence-electron chi connectivity index (χ3n) is 1.17. The Kier molecular flexibility index (Phi) is 4.93. The minimum Gasteiger partial charge on any atom is -0.480 e. The van der Waals surface area contributed by atoms with E-state index in [0.29, 0.717) is 12.2 Å². The second-order valence-electron chi connectivity index (χ2n) is 2.25. The molecule has 1 amide bonds. The monoisotopic (exact) mass is 203 g/mol. The number of hydrogen-bond acceptors (Lipinski definition) is 4. The summed E-state index contributed by atoms with van der Waals surface area (Å²) in [5.74, 6) is -3.62. The quantitative estimate of drug-likeness (QED) is 0.390. The molecular formula is C7H9NO6. The number of aliphatic hydroxyl groups is 1. The Morgan fingerprint density at radius 1 is 1.21 bits per heavy atom. The molecule has 7 nitrogen and oxygen atoms in total. The zero-order valence-electron chi connectivity index (χ0n) is 7.01. The van der Waals surface area contributed by atoms with Crippen LogP contribution in [-0.4, -0.2) is 45.8 Å². The van der Waals surface area contributed by atoms with E-state index in [1.54, 1.807) is 0 Å². The smallest absolute Gasteiger partial charge is 0.328 e. The fourth-order valence-corrected chi connectivity index (χ4v) is 0.552. The van der Waals surface area contributed by atoms with Crippen LogP contribution in [0.25, 0.3) is 0 Å². The molecule has 7 heteroatoms. The maximum Gasteiger partial charge on any atom is 0.328 e. The largest absolute Gasteiger partial charge is 0.480 e. The van der Waals surface area contributed by atoms with Crippen LogP contribution < -0.4 is 5.32 Å². The molecule has 0 fully saturated rings. The number of nitrogens with one attached hydrogen (secondary N) is 1. The molecular weight excluding hydrogens is 194 g/mol. The van der Waals surface area contributed by atoms with Crippen LogP contribution in [-0.2, 0) is 14.4 Å². The minimum atomic E-state index is -1.43. The van der Waals surface area contributed by atoms with Crippen LogP contribution in [0.5, 0.6) is 0 Å². The van der Waals surface area contributed by atoms with E-state index < -0.39 is 30.5 Å². The Hall–Kier alpha value is -1.89. The van der Waals surface area contributed by atoms with Gasteiger partial charge in [0, 0.05) is 12.2 Å². The Bertz CT molecular complexity index is 271.